The highest BCUT2D eigenvalue weighted by Gasteiger charge is 2.66. The van der Waals surface area contributed by atoms with Crippen LogP contribution in [0.5, 0.6) is 0 Å². The van der Waals surface area contributed by atoms with E-state index >= 15 is 0 Å². The smallest absolute Gasteiger partial charge is 0.144 e. The molecular weight excluding hydrogens is 212 g/mol. The van der Waals surface area contributed by atoms with Crippen LogP contribution in [0.25, 0.3) is 0 Å². The molecule has 1 aromatic rings. The monoisotopic (exact) mass is 230 g/mol. The number of rotatable bonds is 3. The molecule has 4 atom stereocenters. The predicted molar refractivity (Wildman–Crippen MR) is 63.2 cm³/mol. The van der Waals surface area contributed by atoms with Crippen molar-refractivity contribution in [1.29, 1.82) is 0 Å². The van der Waals surface area contributed by atoms with Crippen LogP contribution in [0, 0.1) is 29.6 Å². The molecule has 0 amide bonds. The molecule has 3 aliphatic rings. The van der Waals surface area contributed by atoms with Crippen molar-refractivity contribution in [1.82, 2.24) is 9.55 Å². The molecule has 1 aromatic heterocycles. The van der Waals surface area contributed by atoms with Gasteiger partial charge in [0.2, 0.25) is 0 Å². The molecule has 4 unspecified atom stereocenters. The Morgan fingerprint density at radius 3 is 2.71 bits per heavy atom. The number of aryl methyl sites for hydroxylation is 1. The number of nitrogens with zero attached hydrogens (tertiary/aromatic N) is 2. The molecule has 3 fully saturated rings. The van der Waals surface area contributed by atoms with Gasteiger partial charge in [0.25, 0.3) is 0 Å². The minimum atomic E-state index is 0.401. The van der Waals surface area contributed by atoms with Crippen molar-refractivity contribution < 1.29 is 4.79 Å². The van der Waals surface area contributed by atoms with Crippen molar-refractivity contribution in [3.63, 3.8) is 0 Å². The minimum absolute atomic E-state index is 0.401. The predicted octanol–water partition coefficient (Wildman–Crippen LogP) is 1.82. The van der Waals surface area contributed by atoms with Crippen molar-refractivity contribution in [3.05, 3.63) is 18.2 Å². The first-order chi connectivity index (χ1) is 8.25. The van der Waals surface area contributed by atoms with Gasteiger partial charge in [-0.2, -0.15) is 0 Å². The fourth-order valence-corrected chi connectivity index (χ4v) is 4.60. The number of fused-ring (bicyclic) bond motifs is 5. The number of imidazole rings is 1. The van der Waals surface area contributed by atoms with E-state index in [0.717, 1.165) is 29.5 Å². The molecule has 3 aliphatic carbocycles. The van der Waals surface area contributed by atoms with Gasteiger partial charge in [0, 0.05) is 25.4 Å². The Morgan fingerprint density at radius 2 is 2.12 bits per heavy atom. The molecule has 0 aromatic carbocycles. The lowest BCUT2D eigenvalue weighted by atomic mass is 9.98. The van der Waals surface area contributed by atoms with Crippen LogP contribution in [0.3, 0.4) is 0 Å². The third-order valence-electron chi connectivity index (χ3n) is 5.36. The van der Waals surface area contributed by atoms with E-state index in [2.05, 4.69) is 4.98 Å². The van der Waals surface area contributed by atoms with E-state index in [1.54, 1.807) is 6.20 Å². The van der Waals surface area contributed by atoms with Crippen LogP contribution in [0.15, 0.2) is 12.4 Å². The van der Waals surface area contributed by atoms with Gasteiger partial charge in [-0.25, -0.2) is 4.98 Å². The second-order valence-electron chi connectivity index (χ2n) is 6.11. The van der Waals surface area contributed by atoms with Gasteiger partial charge in [0.05, 0.1) is 6.42 Å². The number of hydrogen-bond acceptors (Lipinski definition) is 2. The molecule has 4 rings (SSSR count). The minimum Gasteiger partial charge on any atom is -0.338 e. The Balaban J connectivity index is 1.48. The van der Waals surface area contributed by atoms with Gasteiger partial charge >= 0.3 is 0 Å². The van der Waals surface area contributed by atoms with Gasteiger partial charge in [-0.15, -0.1) is 0 Å². The SMILES string of the molecule is Cn1ccnc1CC(=O)C1C2C3CCC(C3)C12. The third kappa shape index (κ3) is 1.28. The van der Waals surface area contributed by atoms with Crippen molar-refractivity contribution in [3.8, 4) is 0 Å². The largest absolute Gasteiger partial charge is 0.338 e. The van der Waals surface area contributed by atoms with E-state index in [1.807, 2.05) is 17.8 Å². The van der Waals surface area contributed by atoms with E-state index < -0.39 is 0 Å². The van der Waals surface area contributed by atoms with Gasteiger partial charge in [-0.1, -0.05) is 0 Å². The maximum absolute atomic E-state index is 12.3. The standard InChI is InChI=1S/C14H18N2O/c1-16-5-4-15-11(16)7-10(17)14-12-8-2-3-9(6-8)13(12)14/h4-5,8-9,12-14H,2-3,6-7H2,1H3. The molecule has 3 saturated carbocycles. The number of carbonyl (C=O) groups is 1. The van der Waals surface area contributed by atoms with E-state index in [4.69, 9.17) is 0 Å². The number of hydrogen-bond donors (Lipinski definition) is 0. The van der Waals surface area contributed by atoms with Gasteiger partial charge < -0.3 is 4.57 Å². The first-order valence-electron chi connectivity index (χ1n) is 6.74. The molecule has 0 spiro atoms. The van der Waals surface area contributed by atoms with Crippen molar-refractivity contribution in [2.75, 3.05) is 0 Å². The summed E-state index contributed by atoms with van der Waals surface area (Å²) in [5.74, 6) is 5.08. The summed E-state index contributed by atoms with van der Waals surface area (Å²) in [6.07, 6.45) is 8.43. The molecule has 0 saturated heterocycles. The zero-order valence-electron chi connectivity index (χ0n) is 10.2. The number of carbonyl (C=O) groups excluding carboxylic acids is 1. The van der Waals surface area contributed by atoms with Crippen LogP contribution in [-0.4, -0.2) is 15.3 Å². The van der Waals surface area contributed by atoms with E-state index in [0.29, 0.717) is 18.1 Å². The summed E-state index contributed by atoms with van der Waals surface area (Å²) in [4.78, 5) is 16.6. The Hall–Kier alpha value is -1.12. The molecule has 3 nitrogen and oxygen atoms in total. The van der Waals surface area contributed by atoms with Gasteiger partial charge in [0.1, 0.15) is 11.6 Å². The summed E-state index contributed by atoms with van der Waals surface area (Å²) < 4.78 is 1.96. The van der Waals surface area contributed by atoms with E-state index in [9.17, 15) is 4.79 Å². The first kappa shape index (κ1) is 9.86. The Morgan fingerprint density at radius 1 is 1.41 bits per heavy atom. The Labute approximate surface area is 101 Å². The van der Waals surface area contributed by atoms with Crippen molar-refractivity contribution >= 4 is 5.78 Å². The summed E-state index contributed by atoms with van der Waals surface area (Å²) in [6.45, 7) is 0. The lowest BCUT2D eigenvalue weighted by Crippen LogP contribution is -2.14. The highest BCUT2D eigenvalue weighted by molar-refractivity contribution is 5.86. The maximum Gasteiger partial charge on any atom is 0.144 e. The molecule has 3 heteroatoms. The highest BCUT2D eigenvalue weighted by Crippen LogP contribution is 2.69. The van der Waals surface area contributed by atoms with Gasteiger partial charge in [-0.3, -0.25) is 4.79 Å². The molecule has 2 bridgehead atoms. The molecule has 17 heavy (non-hydrogen) atoms. The van der Waals surface area contributed by atoms with Crippen molar-refractivity contribution in [2.45, 2.75) is 25.7 Å². The highest BCUT2D eigenvalue weighted by atomic mass is 16.1. The van der Waals surface area contributed by atoms with Crippen LogP contribution >= 0.6 is 0 Å². The number of aromatic nitrogens is 2. The lowest BCUT2D eigenvalue weighted by molar-refractivity contribution is -0.120. The molecular formula is C14H18N2O. The molecule has 90 valence electrons. The first-order valence-corrected chi connectivity index (χ1v) is 6.74. The zero-order chi connectivity index (χ0) is 11.6. The fraction of sp³-hybridized carbons (Fsp3) is 0.714. The third-order valence-corrected chi connectivity index (χ3v) is 5.36. The molecule has 1 heterocycles. The second-order valence-corrected chi connectivity index (χ2v) is 6.11. The van der Waals surface area contributed by atoms with Crippen LogP contribution in [0.1, 0.15) is 25.1 Å². The molecule has 0 radical (unpaired) electrons. The topological polar surface area (TPSA) is 34.9 Å². The summed E-state index contributed by atoms with van der Waals surface area (Å²) in [5, 5.41) is 0. The van der Waals surface area contributed by atoms with Crippen LogP contribution in [0.2, 0.25) is 0 Å². The van der Waals surface area contributed by atoms with Gasteiger partial charge in [-0.05, 0) is 42.9 Å². The average molecular weight is 230 g/mol. The number of ketones is 1. The summed E-state index contributed by atoms with van der Waals surface area (Å²) in [6, 6.07) is 0. The number of Topliss-reactive ketones (excluding diaryl/α,β-unsaturated/α-hetero) is 1. The van der Waals surface area contributed by atoms with Gasteiger partial charge in [0.15, 0.2) is 0 Å². The maximum atomic E-state index is 12.3. The average Bonchev–Trinajstić information content (AvgIpc) is 2.64. The molecule has 0 aliphatic heterocycles. The van der Waals surface area contributed by atoms with E-state index in [1.165, 1.54) is 19.3 Å². The van der Waals surface area contributed by atoms with E-state index in [-0.39, 0.29) is 0 Å². The second kappa shape index (κ2) is 3.21. The zero-order valence-corrected chi connectivity index (χ0v) is 10.2. The normalized spacial score (nSPS) is 41.6. The quantitative estimate of drug-likeness (QED) is 0.794. The van der Waals surface area contributed by atoms with Crippen LogP contribution in [0.4, 0.5) is 0 Å². The van der Waals surface area contributed by atoms with Crippen LogP contribution in [-0.2, 0) is 18.3 Å². The Bertz CT molecular complexity index is 462. The van der Waals surface area contributed by atoms with Crippen LogP contribution < -0.4 is 0 Å². The summed E-state index contributed by atoms with van der Waals surface area (Å²) >= 11 is 0. The summed E-state index contributed by atoms with van der Waals surface area (Å²) in [5.41, 5.74) is 0. The lowest BCUT2D eigenvalue weighted by Gasteiger charge is -2.07. The van der Waals surface area contributed by atoms with Crippen molar-refractivity contribution in [2.24, 2.45) is 36.6 Å². The Kier molecular flexibility index (Phi) is 1.86. The fourth-order valence-electron chi connectivity index (χ4n) is 4.60. The molecule has 0 N–H and O–H groups in total. The summed E-state index contributed by atoms with van der Waals surface area (Å²) in [7, 11) is 1.97.